The second-order valence-corrected chi connectivity index (χ2v) is 5.41. The maximum absolute atomic E-state index is 12.2. The van der Waals surface area contributed by atoms with Gasteiger partial charge < -0.3 is 10.4 Å². The summed E-state index contributed by atoms with van der Waals surface area (Å²) >= 11 is 0. The minimum Gasteiger partial charge on any atom is -0.391 e. The van der Waals surface area contributed by atoms with E-state index in [4.69, 9.17) is 0 Å². The predicted octanol–water partition coefficient (Wildman–Crippen LogP) is 2.73. The lowest BCUT2D eigenvalue weighted by molar-refractivity contribution is 0.0709. The van der Waals surface area contributed by atoms with E-state index in [2.05, 4.69) is 5.32 Å². The molecular formula is C16H19NO2. The molecule has 3 nitrogen and oxygen atoms in total. The summed E-state index contributed by atoms with van der Waals surface area (Å²) in [6.45, 7) is 5.27. The standard InChI is InChI=1S/C16H19NO2/c1-11(18)16(2,3)17-15(19)14-9-8-12-6-4-5-7-13(12)10-14/h4-11,18H,1-3H3,(H,17,19). The molecule has 0 aromatic heterocycles. The lowest BCUT2D eigenvalue weighted by Gasteiger charge is -2.29. The van der Waals surface area contributed by atoms with Gasteiger partial charge in [-0.2, -0.15) is 0 Å². The molecule has 0 heterocycles. The Hall–Kier alpha value is -1.87. The van der Waals surface area contributed by atoms with Crippen LogP contribution in [-0.2, 0) is 0 Å². The van der Waals surface area contributed by atoms with Crippen LogP contribution < -0.4 is 5.32 Å². The molecule has 0 fully saturated rings. The molecule has 0 aliphatic carbocycles. The first kappa shape index (κ1) is 13.6. The Bertz CT molecular complexity index is 602. The lowest BCUT2D eigenvalue weighted by atomic mass is 9.98. The Kier molecular flexibility index (Phi) is 3.58. The van der Waals surface area contributed by atoms with E-state index in [-0.39, 0.29) is 5.91 Å². The molecule has 100 valence electrons. The van der Waals surface area contributed by atoms with E-state index >= 15 is 0 Å². The zero-order valence-corrected chi connectivity index (χ0v) is 11.5. The van der Waals surface area contributed by atoms with E-state index in [1.807, 2.05) is 36.4 Å². The highest BCUT2D eigenvalue weighted by Crippen LogP contribution is 2.17. The topological polar surface area (TPSA) is 49.3 Å². The first-order valence-electron chi connectivity index (χ1n) is 6.39. The fourth-order valence-electron chi connectivity index (χ4n) is 1.80. The van der Waals surface area contributed by atoms with Gasteiger partial charge in [-0.15, -0.1) is 0 Å². The highest BCUT2D eigenvalue weighted by Gasteiger charge is 2.26. The third-order valence-corrected chi connectivity index (χ3v) is 3.49. The summed E-state index contributed by atoms with van der Waals surface area (Å²) in [6.07, 6.45) is -0.614. The van der Waals surface area contributed by atoms with Crippen LogP contribution in [0, 0.1) is 0 Å². The van der Waals surface area contributed by atoms with Gasteiger partial charge in [-0.1, -0.05) is 30.3 Å². The minimum atomic E-state index is -0.650. The van der Waals surface area contributed by atoms with Gasteiger partial charge in [0.25, 0.3) is 5.91 Å². The molecule has 0 aliphatic heterocycles. The third kappa shape index (κ3) is 2.93. The number of aliphatic hydroxyl groups is 1. The number of carbonyl (C=O) groups excluding carboxylic acids is 1. The number of fused-ring (bicyclic) bond motifs is 1. The average molecular weight is 257 g/mol. The highest BCUT2D eigenvalue weighted by atomic mass is 16.3. The van der Waals surface area contributed by atoms with Crippen molar-refractivity contribution in [3.05, 3.63) is 48.0 Å². The average Bonchev–Trinajstić information content (AvgIpc) is 2.37. The van der Waals surface area contributed by atoms with Gasteiger partial charge in [0.2, 0.25) is 0 Å². The molecule has 0 bridgehead atoms. The highest BCUT2D eigenvalue weighted by molar-refractivity contribution is 5.98. The molecule has 2 N–H and O–H groups in total. The zero-order chi connectivity index (χ0) is 14.0. The van der Waals surface area contributed by atoms with Crippen LogP contribution in [0.5, 0.6) is 0 Å². The van der Waals surface area contributed by atoms with Crippen LogP contribution in [0.25, 0.3) is 10.8 Å². The molecular weight excluding hydrogens is 238 g/mol. The molecule has 0 aliphatic rings. The maximum atomic E-state index is 12.2. The fraction of sp³-hybridized carbons (Fsp3) is 0.312. The van der Waals surface area contributed by atoms with Gasteiger partial charge in [0, 0.05) is 5.56 Å². The summed E-state index contributed by atoms with van der Waals surface area (Å²) in [6, 6.07) is 13.5. The molecule has 1 unspecified atom stereocenters. The number of hydrogen-bond acceptors (Lipinski definition) is 2. The van der Waals surface area contributed by atoms with Crippen molar-refractivity contribution < 1.29 is 9.90 Å². The Morgan fingerprint density at radius 3 is 2.42 bits per heavy atom. The molecule has 19 heavy (non-hydrogen) atoms. The number of amides is 1. The molecule has 0 radical (unpaired) electrons. The van der Waals surface area contributed by atoms with Crippen molar-refractivity contribution in [2.75, 3.05) is 0 Å². The van der Waals surface area contributed by atoms with Crippen LogP contribution in [-0.4, -0.2) is 22.7 Å². The van der Waals surface area contributed by atoms with Crippen molar-refractivity contribution in [2.24, 2.45) is 0 Å². The Labute approximate surface area is 113 Å². The SMILES string of the molecule is CC(O)C(C)(C)NC(=O)c1ccc2ccccc2c1. The summed E-state index contributed by atoms with van der Waals surface area (Å²) < 4.78 is 0. The van der Waals surface area contributed by atoms with E-state index in [9.17, 15) is 9.90 Å². The molecule has 3 heteroatoms. The van der Waals surface area contributed by atoms with Crippen LogP contribution in [0.3, 0.4) is 0 Å². The van der Waals surface area contributed by atoms with Crippen LogP contribution in [0.1, 0.15) is 31.1 Å². The first-order valence-corrected chi connectivity index (χ1v) is 6.39. The first-order chi connectivity index (χ1) is 8.90. The molecule has 1 amide bonds. The van der Waals surface area contributed by atoms with E-state index in [0.717, 1.165) is 10.8 Å². The van der Waals surface area contributed by atoms with Crippen molar-refractivity contribution in [1.29, 1.82) is 0 Å². The molecule has 2 aromatic rings. The van der Waals surface area contributed by atoms with Gasteiger partial charge in [-0.3, -0.25) is 4.79 Å². The van der Waals surface area contributed by atoms with E-state index in [1.54, 1.807) is 26.8 Å². The maximum Gasteiger partial charge on any atom is 0.251 e. The summed E-state index contributed by atoms with van der Waals surface area (Å²) in [4.78, 5) is 12.2. The predicted molar refractivity (Wildman–Crippen MR) is 77.2 cm³/mol. The number of benzene rings is 2. The number of carbonyl (C=O) groups is 1. The fourth-order valence-corrected chi connectivity index (χ4v) is 1.80. The van der Waals surface area contributed by atoms with Crippen molar-refractivity contribution in [3.63, 3.8) is 0 Å². The van der Waals surface area contributed by atoms with Gasteiger partial charge in [0.15, 0.2) is 0 Å². The Morgan fingerprint density at radius 1 is 1.16 bits per heavy atom. The monoisotopic (exact) mass is 257 g/mol. The van der Waals surface area contributed by atoms with Gasteiger partial charge in [-0.25, -0.2) is 0 Å². The normalized spacial score (nSPS) is 13.3. The Morgan fingerprint density at radius 2 is 1.79 bits per heavy atom. The summed E-state index contributed by atoms with van der Waals surface area (Å²) in [7, 11) is 0. The summed E-state index contributed by atoms with van der Waals surface area (Å²) in [5, 5.41) is 14.6. The lowest BCUT2D eigenvalue weighted by Crippen LogP contribution is -2.50. The number of nitrogens with one attached hydrogen (secondary N) is 1. The van der Waals surface area contributed by atoms with Crippen molar-refractivity contribution in [1.82, 2.24) is 5.32 Å². The number of hydrogen-bond donors (Lipinski definition) is 2. The minimum absolute atomic E-state index is 0.170. The molecule has 2 aromatic carbocycles. The summed E-state index contributed by atoms with van der Waals surface area (Å²) in [5.41, 5.74) is -0.0460. The van der Waals surface area contributed by atoms with Gasteiger partial charge in [0.05, 0.1) is 11.6 Å². The molecule has 0 saturated carbocycles. The van der Waals surface area contributed by atoms with Crippen LogP contribution >= 0.6 is 0 Å². The van der Waals surface area contributed by atoms with Crippen LogP contribution in [0.15, 0.2) is 42.5 Å². The van der Waals surface area contributed by atoms with Crippen molar-refractivity contribution >= 4 is 16.7 Å². The smallest absolute Gasteiger partial charge is 0.251 e. The molecule has 0 saturated heterocycles. The van der Waals surface area contributed by atoms with Gasteiger partial charge in [-0.05, 0) is 43.7 Å². The third-order valence-electron chi connectivity index (χ3n) is 3.49. The molecule has 0 spiro atoms. The van der Waals surface area contributed by atoms with Crippen molar-refractivity contribution in [3.8, 4) is 0 Å². The summed E-state index contributed by atoms with van der Waals surface area (Å²) in [5.74, 6) is -0.170. The second kappa shape index (κ2) is 5.02. The number of rotatable bonds is 3. The zero-order valence-electron chi connectivity index (χ0n) is 11.5. The van der Waals surface area contributed by atoms with Gasteiger partial charge >= 0.3 is 0 Å². The largest absolute Gasteiger partial charge is 0.391 e. The van der Waals surface area contributed by atoms with E-state index < -0.39 is 11.6 Å². The van der Waals surface area contributed by atoms with Crippen LogP contribution in [0.4, 0.5) is 0 Å². The van der Waals surface area contributed by atoms with Crippen molar-refractivity contribution in [2.45, 2.75) is 32.4 Å². The van der Waals surface area contributed by atoms with Crippen LogP contribution in [0.2, 0.25) is 0 Å². The Balaban J connectivity index is 2.27. The van der Waals surface area contributed by atoms with Gasteiger partial charge in [0.1, 0.15) is 0 Å². The van der Waals surface area contributed by atoms with E-state index in [1.165, 1.54) is 0 Å². The second-order valence-electron chi connectivity index (χ2n) is 5.41. The quantitative estimate of drug-likeness (QED) is 0.888. The van der Waals surface area contributed by atoms with E-state index in [0.29, 0.717) is 5.56 Å². The molecule has 1 atom stereocenters. The number of aliphatic hydroxyl groups excluding tert-OH is 1. The molecule has 2 rings (SSSR count).